The zero-order valence-electron chi connectivity index (χ0n) is 10.2. The average molecular weight is 300 g/mol. The molecule has 1 fully saturated rings. The third-order valence-electron chi connectivity index (χ3n) is 3.36. The van der Waals surface area contributed by atoms with Crippen LogP contribution in [0.3, 0.4) is 0 Å². The Morgan fingerprint density at radius 1 is 1.53 bits per heavy atom. The fraction of sp³-hybridized carbons (Fsp3) is 0.538. The first-order valence-corrected chi connectivity index (χ1v) is 6.71. The maximum atomic E-state index is 9.82. The lowest BCUT2D eigenvalue weighted by Crippen LogP contribution is -2.29. The van der Waals surface area contributed by atoms with E-state index in [1.807, 2.05) is 6.92 Å². The summed E-state index contributed by atoms with van der Waals surface area (Å²) in [6, 6.07) is 1.79. The molecular formula is C13H18BrNO2. The predicted octanol–water partition coefficient (Wildman–Crippen LogP) is 2.94. The van der Waals surface area contributed by atoms with Crippen LogP contribution in [0.25, 0.3) is 0 Å². The van der Waals surface area contributed by atoms with Crippen LogP contribution < -0.4 is 10.1 Å². The third-order valence-corrected chi connectivity index (χ3v) is 4.14. The largest absolute Gasteiger partial charge is 0.504 e. The molecule has 94 valence electrons. The van der Waals surface area contributed by atoms with Crippen LogP contribution in [0.5, 0.6) is 11.5 Å². The van der Waals surface area contributed by atoms with E-state index in [4.69, 9.17) is 4.74 Å². The van der Waals surface area contributed by atoms with E-state index in [0.717, 1.165) is 23.1 Å². The first kappa shape index (κ1) is 12.7. The zero-order valence-corrected chi connectivity index (χ0v) is 11.8. The standard InChI is InChI=1S/C13H18BrNO2/c1-8-6-10(16)13(17-2)12(14)11(8)9-4-3-5-15-7-9/h6,9,15-16H,3-5,7H2,1-2H3. The van der Waals surface area contributed by atoms with Gasteiger partial charge in [-0.05, 0) is 65.4 Å². The fourth-order valence-corrected chi connectivity index (χ4v) is 3.55. The normalized spacial score (nSPS) is 20.3. The molecule has 0 aliphatic carbocycles. The number of methoxy groups -OCH3 is 1. The highest BCUT2D eigenvalue weighted by Gasteiger charge is 2.23. The second kappa shape index (κ2) is 5.27. The molecule has 1 saturated heterocycles. The van der Waals surface area contributed by atoms with Gasteiger partial charge in [-0.1, -0.05) is 0 Å². The monoisotopic (exact) mass is 299 g/mol. The summed E-state index contributed by atoms with van der Waals surface area (Å²) in [5.41, 5.74) is 2.37. The van der Waals surface area contributed by atoms with Crippen LogP contribution in [-0.4, -0.2) is 25.3 Å². The highest BCUT2D eigenvalue weighted by molar-refractivity contribution is 9.10. The number of aryl methyl sites for hydroxylation is 1. The van der Waals surface area contributed by atoms with Gasteiger partial charge in [0.15, 0.2) is 11.5 Å². The first-order valence-electron chi connectivity index (χ1n) is 5.91. The summed E-state index contributed by atoms with van der Waals surface area (Å²) >= 11 is 3.57. The zero-order chi connectivity index (χ0) is 12.4. The SMILES string of the molecule is COc1c(O)cc(C)c(C2CCCNC2)c1Br. The number of benzene rings is 1. The van der Waals surface area contributed by atoms with E-state index >= 15 is 0 Å². The van der Waals surface area contributed by atoms with Gasteiger partial charge >= 0.3 is 0 Å². The summed E-state index contributed by atoms with van der Waals surface area (Å²) in [6.45, 7) is 4.13. The van der Waals surface area contributed by atoms with E-state index in [1.165, 1.54) is 18.4 Å². The van der Waals surface area contributed by atoms with Crippen molar-refractivity contribution < 1.29 is 9.84 Å². The highest BCUT2D eigenvalue weighted by Crippen LogP contribution is 2.43. The molecule has 0 radical (unpaired) electrons. The number of piperidine rings is 1. The topological polar surface area (TPSA) is 41.5 Å². The Labute approximate surface area is 110 Å². The van der Waals surface area contributed by atoms with Crippen molar-refractivity contribution in [3.63, 3.8) is 0 Å². The van der Waals surface area contributed by atoms with Crippen molar-refractivity contribution in [2.24, 2.45) is 0 Å². The Balaban J connectivity index is 2.44. The van der Waals surface area contributed by atoms with E-state index < -0.39 is 0 Å². The van der Waals surface area contributed by atoms with E-state index in [1.54, 1.807) is 13.2 Å². The fourth-order valence-electron chi connectivity index (χ4n) is 2.55. The molecule has 1 aliphatic rings. The van der Waals surface area contributed by atoms with Gasteiger partial charge in [0.1, 0.15) is 0 Å². The van der Waals surface area contributed by atoms with Crippen LogP contribution in [0.2, 0.25) is 0 Å². The first-order chi connectivity index (χ1) is 8.15. The molecule has 17 heavy (non-hydrogen) atoms. The van der Waals surface area contributed by atoms with Crippen molar-refractivity contribution in [2.75, 3.05) is 20.2 Å². The van der Waals surface area contributed by atoms with Gasteiger partial charge in [-0.2, -0.15) is 0 Å². The van der Waals surface area contributed by atoms with E-state index in [-0.39, 0.29) is 5.75 Å². The minimum atomic E-state index is 0.199. The summed E-state index contributed by atoms with van der Waals surface area (Å²) in [6.07, 6.45) is 2.38. The van der Waals surface area contributed by atoms with Gasteiger partial charge in [-0.15, -0.1) is 0 Å². The second-order valence-electron chi connectivity index (χ2n) is 4.52. The number of ether oxygens (including phenoxy) is 1. The molecule has 1 heterocycles. The lowest BCUT2D eigenvalue weighted by molar-refractivity contribution is 0.368. The van der Waals surface area contributed by atoms with Gasteiger partial charge in [0, 0.05) is 6.54 Å². The molecule has 1 aliphatic heterocycles. The van der Waals surface area contributed by atoms with Gasteiger partial charge in [0.2, 0.25) is 0 Å². The molecule has 2 N–H and O–H groups in total. The smallest absolute Gasteiger partial charge is 0.174 e. The molecule has 2 rings (SSSR count). The van der Waals surface area contributed by atoms with E-state index in [0.29, 0.717) is 11.7 Å². The number of halogens is 1. The lowest BCUT2D eigenvalue weighted by atomic mass is 9.88. The molecular weight excluding hydrogens is 282 g/mol. The number of aromatic hydroxyl groups is 1. The Morgan fingerprint density at radius 3 is 2.88 bits per heavy atom. The Kier molecular flexibility index (Phi) is 3.94. The van der Waals surface area contributed by atoms with Gasteiger partial charge in [-0.3, -0.25) is 0 Å². The molecule has 1 atom stereocenters. The maximum absolute atomic E-state index is 9.82. The van der Waals surface area contributed by atoms with E-state index in [9.17, 15) is 5.11 Å². The average Bonchev–Trinajstić information content (AvgIpc) is 2.30. The van der Waals surface area contributed by atoms with Crippen molar-refractivity contribution in [3.05, 3.63) is 21.7 Å². The van der Waals surface area contributed by atoms with Crippen molar-refractivity contribution in [1.29, 1.82) is 0 Å². The van der Waals surface area contributed by atoms with Gasteiger partial charge in [0.25, 0.3) is 0 Å². The molecule has 0 spiro atoms. The third kappa shape index (κ3) is 2.43. The minimum absolute atomic E-state index is 0.199. The highest BCUT2D eigenvalue weighted by atomic mass is 79.9. The summed E-state index contributed by atoms with van der Waals surface area (Å²) in [5.74, 6) is 1.23. The number of phenols is 1. The van der Waals surface area contributed by atoms with Crippen LogP contribution >= 0.6 is 15.9 Å². The Bertz CT molecular complexity index is 414. The van der Waals surface area contributed by atoms with Gasteiger partial charge < -0.3 is 15.2 Å². The van der Waals surface area contributed by atoms with Gasteiger partial charge in [0.05, 0.1) is 11.6 Å². The molecule has 1 aromatic carbocycles. The van der Waals surface area contributed by atoms with E-state index in [2.05, 4.69) is 21.2 Å². The van der Waals surface area contributed by atoms with Crippen molar-refractivity contribution in [3.8, 4) is 11.5 Å². The van der Waals surface area contributed by atoms with Crippen molar-refractivity contribution in [1.82, 2.24) is 5.32 Å². The molecule has 0 saturated carbocycles. The summed E-state index contributed by atoms with van der Waals surface area (Å²) < 4.78 is 6.14. The van der Waals surface area contributed by atoms with Crippen molar-refractivity contribution >= 4 is 15.9 Å². The number of rotatable bonds is 2. The van der Waals surface area contributed by atoms with Crippen LogP contribution in [0, 0.1) is 6.92 Å². The maximum Gasteiger partial charge on any atom is 0.174 e. The van der Waals surface area contributed by atoms with Crippen molar-refractivity contribution in [2.45, 2.75) is 25.7 Å². The summed E-state index contributed by atoms with van der Waals surface area (Å²) in [4.78, 5) is 0. The number of nitrogens with one attached hydrogen (secondary N) is 1. The predicted molar refractivity (Wildman–Crippen MR) is 71.9 cm³/mol. The number of hydrogen-bond donors (Lipinski definition) is 2. The molecule has 4 heteroatoms. The van der Waals surface area contributed by atoms with Gasteiger partial charge in [-0.25, -0.2) is 0 Å². The summed E-state index contributed by atoms with van der Waals surface area (Å²) in [5, 5.41) is 13.2. The van der Waals surface area contributed by atoms with Crippen LogP contribution in [0.15, 0.2) is 10.5 Å². The molecule has 1 unspecified atom stereocenters. The van der Waals surface area contributed by atoms with Crippen LogP contribution in [0.4, 0.5) is 0 Å². The number of phenolic OH excluding ortho intramolecular Hbond substituents is 1. The second-order valence-corrected chi connectivity index (χ2v) is 5.31. The quantitative estimate of drug-likeness (QED) is 0.882. The molecule has 0 amide bonds. The molecule has 0 aromatic heterocycles. The minimum Gasteiger partial charge on any atom is -0.504 e. The molecule has 3 nitrogen and oxygen atoms in total. The molecule has 0 bridgehead atoms. The Hall–Kier alpha value is -0.740. The van der Waals surface area contributed by atoms with Crippen LogP contribution in [-0.2, 0) is 0 Å². The lowest BCUT2D eigenvalue weighted by Gasteiger charge is -2.26. The Morgan fingerprint density at radius 2 is 2.29 bits per heavy atom. The van der Waals surface area contributed by atoms with Crippen LogP contribution in [0.1, 0.15) is 29.9 Å². The number of hydrogen-bond acceptors (Lipinski definition) is 3. The summed E-state index contributed by atoms with van der Waals surface area (Å²) in [7, 11) is 1.58. The molecule has 1 aromatic rings.